The van der Waals surface area contributed by atoms with Crippen LogP contribution in [0.25, 0.3) is 0 Å². The lowest BCUT2D eigenvalue weighted by Crippen LogP contribution is -2.41. The molecule has 5 heteroatoms. The maximum absolute atomic E-state index is 12.1. The Bertz CT molecular complexity index is 273. The van der Waals surface area contributed by atoms with Crippen molar-refractivity contribution in [2.45, 2.75) is 32.2 Å². The minimum atomic E-state index is 0.341. The monoisotopic (exact) mass is 302 g/mol. The van der Waals surface area contributed by atoms with Crippen molar-refractivity contribution >= 4 is 29.4 Å². The van der Waals surface area contributed by atoms with Crippen molar-refractivity contribution < 1.29 is 4.79 Å². The van der Waals surface area contributed by atoms with Crippen molar-refractivity contribution in [2.24, 2.45) is 5.92 Å². The number of piperidine rings is 1. The highest BCUT2D eigenvalue weighted by atomic mass is 32.2. The van der Waals surface area contributed by atoms with Crippen molar-refractivity contribution in [3.05, 3.63) is 0 Å². The summed E-state index contributed by atoms with van der Waals surface area (Å²) in [4.78, 5) is 14.1. The Hall–Kier alpha value is 0.130. The highest BCUT2D eigenvalue weighted by molar-refractivity contribution is 8.03. The Kier molecular flexibility index (Phi) is 6.88. The first-order chi connectivity index (χ1) is 9.25. The summed E-state index contributed by atoms with van der Waals surface area (Å²) < 4.78 is 0. The summed E-state index contributed by atoms with van der Waals surface area (Å²) in [7, 11) is 0. The molecule has 0 spiro atoms. The highest BCUT2D eigenvalue weighted by Crippen LogP contribution is 2.17. The first-order valence-corrected chi connectivity index (χ1v) is 9.73. The van der Waals surface area contributed by atoms with Crippen LogP contribution < -0.4 is 5.32 Å². The molecule has 110 valence electrons. The second-order valence-corrected chi connectivity index (χ2v) is 7.91. The van der Waals surface area contributed by atoms with Gasteiger partial charge in [-0.2, -0.15) is 23.5 Å². The molecular weight excluding hydrogens is 276 g/mol. The van der Waals surface area contributed by atoms with Crippen LogP contribution in [0.5, 0.6) is 0 Å². The molecular formula is C14H26N2OS2. The SMILES string of the molecule is CC1CCN(C(=O)CCNC2CSCCSC2)CC1. The van der Waals surface area contributed by atoms with Crippen LogP contribution in [0.1, 0.15) is 26.2 Å². The summed E-state index contributed by atoms with van der Waals surface area (Å²) >= 11 is 4.06. The Morgan fingerprint density at radius 1 is 1.21 bits per heavy atom. The van der Waals surface area contributed by atoms with E-state index in [1.165, 1.54) is 35.9 Å². The van der Waals surface area contributed by atoms with Crippen LogP contribution in [0.3, 0.4) is 0 Å². The van der Waals surface area contributed by atoms with Gasteiger partial charge in [-0.15, -0.1) is 0 Å². The summed E-state index contributed by atoms with van der Waals surface area (Å²) in [5, 5.41) is 3.55. The van der Waals surface area contributed by atoms with Crippen LogP contribution in [-0.4, -0.2) is 59.5 Å². The fraction of sp³-hybridized carbons (Fsp3) is 0.929. The van der Waals surface area contributed by atoms with E-state index in [-0.39, 0.29) is 0 Å². The van der Waals surface area contributed by atoms with Crippen molar-refractivity contribution in [1.82, 2.24) is 10.2 Å². The number of carbonyl (C=O) groups excluding carboxylic acids is 1. The Balaban J connectivity index is 1.60. The van der Waals surface area contributed by atoms with Gasteiger partial charge in [-0.1, -0.05) is 6.92 Å². The number of nitrogens with one attached hydrogen (secondary N) is 1. The molecule has 0 aromatic carbocycles. The number of likely N-dealkylation sites (tertiary alicyclic amines) is 1. The third-order valence-corrected chi connectivity index (χ3v) is 6.44. The molecule has 0 aromatic heterocycles. The second-order valence-electron chi connectivity index (χ2n) is 5.61. The highest BCUT2D eigenvalue weighted by Gasteiger charge is 2.20. The molecule has 0 atom stereocenters. The molecule has 2 saturated heterocycles. The van der Waals surface area contributed by atoms with Gasteiger partial charge in [-0.25, -0.2) is 0 Å². The zero-order valence-electron chi connectivity index (χ0n) is 11.9. The lowest BCUT2D eigenvalue weighted by molar-refractivity contribution is -0.132. The van der Waals surface area contributed by atoms with E-state index in [9.17, 15) is 4.79 Å². The Morgan fingerprint density at radius 2 is 1.84 bits per heavy atom. The molecule has 0 radical (unpaired) electrons. The van der Waals surface area contributed by atoms with Gasteiger partial charge in [0.1, 0.15) is 0 Å². The van der Waals surface area contributed by atoms with E-state index in [1.807, 2.05) is 23.5 Å². The largest absolute Gasteiger partial charge is 0.343 e. The maximum Gasteiger partial charge on any atom is 0.223 e. The zero-order chi connectivity index (χ0) is 13.5. The van der Waals surface area contributed by atoms with Crippen LogP contribution in [0.2, 0.25) is 0 Å². The van der Waals surface area contributed by atoms with Crippen LogP contribution in [0.15, 0.2) is 0 Å². The molecule has 19 heavy (non-hydrogen) atoms. The van der Waals surface area contributed by atoms with Gasteiger partial charge in [-0.05, 0) is 18.8 Å². The molecule has 1 N–H and O–H groups in total. The van der Waals surface area contributed by atoms with E-state index in [0.29, 0.717) is 18.4 Å². The summed E-state index contributed by atoms with van der Waals surface area (Å²) in [5.41, 5.74) is 0. The summed E-state index contributed by atoms with van der Waals surface area (Å²) in [6.45, 7) is 5.06. The summed E-state index contributed by atoms with van der Waals surface area (Å²) in [6.07, 6.45) is 3.02. The number of nitrogens with zero attached hydrogens (tertiary/aromatic N) is 1. The van der Waals surface area contributed by atoms with Gasteiger partial charge in [0.2, 0.25) is 5.91 Å². The molecule has 2 heterocycles. The van der Waals surface area contributed by atoms with Gasteiger partial charge >= 0.3 is 0 Å². The third-order valence-electron chi connectivity index (χ3n) is 3.92. The van der Waals surface area contributed by atoms with E-state index in [4.69, 9.17) is 0 Å². The standard InChI is InChI=1S/C14H26N2OS2/c1-12-3-6-16(7-4-12)14(17)2-5-15-13-10-18-8-9-19-11-13/h12-13,15H,2-11H2,1H3. The number of amides is 1. The van der Waals surface area contributed by atoms with Gasteiger partial charge in [-0.3, -0.25) is 4.79 Å². The molecule has 0 saturated carbocycles. The summed E-state index contributed by atoms with van der Waals surface area (Å²) in [6, 6.07) is 0.590. The topological polar surface area (TPSA) is 32.3 Å². The fourth-order valence-corrected chi connectivity index (χ4v) is 5.00. The molecule has 0 bridgehead atoms. The number of carbonyl (C=O) groups is 1. The quantitative estimate of drug-likeness (QED) is 0.862. The van der Waals surface area contributed by atoms with E-state index < -0.39 is 0 Å². The van der Waals surface area contributed by atoms with Crippen molar-refractivity contribution in [1.29, 1.82) is 0 Å². The van der Waals surface area contributed by atoms with E-state index in [0.717, 1.165) is 25.6 Å². The number of hydrogen-bond acceptors (Lipinski definition) is 4. The average molecular weight is 303 g/mol. The molecule has 0 aromatic rings. The first-order valence-electron chi connectivity index (χ1n) is 7.42. The molecule has 0 unspecified atom stereocenters. The molecule has 1 amide bonds. The van der Waals surface area contributed by atoms with Crippen molar-refractivity contribution in [2.75, 3.05) is 42.6 Å². The van der Waals surface area contributed by atoms with Crippen molar-refractivity contribution in [3.63, 3.8) is 0 Å². The Labute approximate surface area is 125 Å². The van der Waals surface area contributed by atoms with E-state index in [2.05, 4.69) is 17.1 Å². The number of rotatable bonds is 4. The lowest BCUT2D eigenvalue weighted by Gasteiger charge is -2.30. The molecule has 3 nitrogen and oxygen atoms in total. The van der Waals surface area contributed by atoms with Crippen LogP contribution in [-0.2, 0) is 4.79 Å². The lowest BCUT2D eigenvalue weighted by atomic mass is 9.99. The van der Waals surface area contributed by atoms with Crippen LogP contribution >= 0.6 is 23.5 Å². The maximum atomic E-state index is 12.1. The Morgan fingerprint density at radius 3 is 2.47 bits per heavy atom. The van der Waals surface area contributed by atoms with Gasteiger partial charge in [0.15, 0.2) is 0 Å². The fourth-order valence-electron chi connectivity index (χ4n) is 2.53. The minimum Gasteiger partial charge on any atom is -0.343 e. The average Bonchev–Trinajstić information content (AvgIpc) is 2.68. The summed E-state index contributed by atoms with van der Waals surface area (Å²) in [5.74, 6) is 6.07. The first kappa shape index (κ1) is 15.5. The van der Waals surface area contributed by atoms with E-state index in [1.54, 1.807) is 0 Å². The minimum absolute atomic E-state index is 0.341. The van der Waals surface area contributed by atoms with Crippen molar-refractivity contribution in [3.8, 4) is 0 Å². The van der Waals surface area contributed by atoms with E-state index >= 15 is 0 Å². The van der Waals surface area contributed by atoms with Gasteiger partial charge < -0.3 is 10.2 Å². The second kappa shape index (κ2) is 8.42. The molecule has 0 aliphatic carbocycles. The van der Waals surface area contributed by atoms with Crippen LogP contribution in [0.4, 0.5) is 0 Å². The number of thioether (sulfide) groups is 2. The predicted molar refractivity (Wildman–Crippen MR) is 86.0 cm³/mol. The molecule has 2 rings (SSSR count). The van der Waals surface area contributed by atoms with Gasteiger partial charge in [0, 0.05) is 55.1 Å². The van der Waals surface area contributed by atoms with Gasteiger partial charge in [0.25, 0.3) is 0 Å². The normalized spacial score (nSPS) is 23.3. The van der Waals surface area contributed by atoms with Crippen LogP contribution in [0, 0.1) is 5.92 Å². The smallest absolute Gasteiger partial charge is 0.223 e. The molecule has 2 aliphatic heterocycles. The predicted octanol–water partition coefficient (Wildman–Crippen LogP) is 2.07. The number of hydrogen-bond donors (Lipinski definition) is 1. The van der Waals surface area contributed by atoms with Gasteiger partial charge in [0.05, 0.1) is 0 Å². The molecule has 2 fully saturated rings. The zero-order valence-corrected chi connectivity index (χ0v) is 13.5. The third kappa shape index (κ3) is 5.56. The molecule has 2 aliphatic rings.